The minimum atomic E-state index is -0.284. The van der Waals surface area contributed by atoms with Gasteiger partial charge in [0.05, 0.1) is 18.5 Å². The van der Waals surface area contributed by atoms with E-state index in [9.17, 15) is 4.39 Å². The van der Waals surface area contributed by atoms with Gasteiger partial charge in [-0.05, 0) is 37.8 Å². The molecule has 0 aliphatic heterocycles. The molecule has 3 nitrogen and oxygen atoms in total. The highest BCUT2D eigenvalue weighted by Gasteiger charge is 2.17. The highest BCUT2D eigenvalue weighted by Crippen LogP contribution is 2.24. The average Bonchev–Trinajstić information content (AvgIpc) is 3.02. The van der Waals surface area contributed by atoms with Crippen LogP contribution < -0.4 is 4.74 Å². The number of hydrogen-bond acceptors (Lipinski definition) is 2. The van der Waals surface area contributed by atoms with Gasteiger partial charge in [0.2, 0.25) is 0 Å². The van der Waals surface area contributed by atoms with E-state index in [1.54, 1.807) is 30.6 Å². The van der Waals surface area contributed by atoms with Gasteiger partial charge >= 0.3 is 0 Å². The molecule has 0 radical (unpaired) electrons. The maximum atomic E-state index is 13.6. The summed E-state index contributed by atoms with van der Waals surface area (Å²) < 4.78 is 20.9. The van der Waals surface area contributed by atoms with E-state index in [0.29, 0.717) is 17.5 Å². The standard InChI is InChI=1S/C14H15FN2O/c15-13-7-3-4-8-14(13)17-10-12(9-16-17)18-11-5-1-2-6-11/h3-4,7-11H,1-2,5-6H2. The van der Waals surface area contributed by atoms with Crippen LogP contribution in [0.1, 0.15) is 25.7 Å². The Bertz CT molecular complexity index is 532. The van der Waals surface area contributed by atoms with E-state index in [-0.39, 0.29) is 5.82 Å². The van der Waals surface area contributed by atoms with Crippen LogP contribution in [0.5, 0.6) is 5.75 Å². The molecule has 94 valence electrons. The minimum Gasteiger partial charge on any atom is -0.487 e. The highest BCUT2D eigenvalue weighted by atomic mass is 19.1. The molecule has 0 atom stereocenters. The molecule has 1 aromatic heterocycles. The van der Waals surface area contributed by atoms with Gasteiger partial charge in [-0.15, -0.1) is 0 Å². The van der Waals surface area contributed by atoms with E-state index in [1.807, 2.05) is 0 Å². The van der Waals surface area contributed by atoms with Gasteiger partial charge in [-0.25, -0.2) is 9.07 Å². The topological polar surface area (TPSA) is 27.1 Å². The Morgan fingerprint density at radius 1 is 1.22 bits per heavy atom. The predicted molar refractivity (Wildman–Crippen MR) is 66.4 cm³/mol. The zero-order valence-corrected chi connectivity index (χ0v) is 10.1. The second kappa shape index (κ2) is 4.80. The molecule has 1 saturated carbocycles. The van der Waals surface area contributed by atoms with Gasteiger partial charge in [0.15, 0.2) is 5.75 Å². The Morgan fingerprint density at radius 3 is 2.78 bits per heavy atom. The Kier molecular flexibility index (Phi) is 3.00. The molecule has 1 heterocycles. The van der Waals surface area contributed by atoms with Crippen molar-refractivity contribution < 1.29 is 9.13 Å². The van der Waals surface area contributed by atoms with Crippen molar-refractivity contribution in [3.05, 3.63) is 42.5 Å². The lowest BCUT2D eigenvalue weighted by Gasteiger charge is -2.10. The largest absolute Gasteiger partial charge is 0.487 e. The molecule has 1 fully saturated rings. The zero-order chi connectivity index (χ0) is 12.4. The molecule has 4 heteroatoms. The summed E-state index contributed by atoms with van der Waals surface area (Å²) in [5, 5.41) is 4.14. The van der Waals surface area contributed by atoms with Gasteiger partial charge in [-0.1, -0.05) is 12.1 Å². The summed E-state index contributed by atoms with van der Waals surface area (Å²) in [5.74, 6) is 0.429. The molecular formula is C14H15FN2O. The van der Waals surface area contributed by atoms with Crippen molar-refractivity contribution in [3.63, 3.8) is 0 Å². The number of halogens is 1. The van der Waals surface area contributed by atoms with Gasteiger partial charge in [0.1, 0.15) is 11.5 Å². The molecule has 0 spiro atoms. The van der Waals surface area contributed by atoms with Crippen molar-refractivity contribution >= 4 is 0 Å². The van der Waals surface area contributed by atoms with Gasteiger partial charge in [0.25, 0.3) is 0 Å². The van der Waals surface area contributed by atoms with Crippen molar-refractivity contribution in [2.75, 3.05) is 0 Å². The third-order valence-corrected chi connectivity index (χ3v) is 3.26. The third kappa shape index (κ3) is 2.23. The molecule has 1 aromatic carbocycles. The first-order valence-electron chi connectivity index (χ1n) is 6.29. The predicted octanol–water partition coefficient (Wildman–Crippen LogP) is 3.33. The summed E-state index contributed by atoms with van der Waals surface area (Å²) in [4.78, 5) is 0. The second-order valence-electron chi connectivity index (χ2n) is 4.60. The Labute approximate surface area is 105 Å². The number of para-hydroxylation sites is 1. The molecular weight excluding hydrogens is 231 g/mol. The summed E-state index contributed by atoms with van der Waals surface area (Å²) in [7, 11) is 0. The Balaban J connectivity index is 1.79. The molecule has 2 aromatic rings. The van der Waals surface area contributed by atoms with Crippen LogP contribution in [0.4, 0.5) is 4.39 Å². The number of aromatic nitrogens is 2. The van der Waals surface area contributed by atoms with Crippen LogP contribution in [0.3, 0.4) is 0 Å². The van der Waals surface area contributed by atoms with E-state index >= 15 is 0 Å². The monoisotopic (exact) mass is 246 g/mol. The molecule has 0 bridgehead atoms. The molecule has 1 aliphatic rings. The maximum absolute atomic E-state index is 13.6. The van der Waals surface area contributed by atoms with Gasteiger partial charge in [-0.3, -0.25) is 0 Å². The molecule has 0 amide bonds. The average molecular weight is 246 g/mol. The van der Waals surface area contributed by atoms with Crippen LogP contribution in [0.2, 0.25) is 0 Å². The first kappa shape index (κ1) is 11.3. The fourth-order valence-electron chi connectivity index (χ4n) is 2.34. The Morgan fingerprint density at radius 2 is 2.00 bits per heavy atom. The SMILES string of the molecule is Fc1ccccc1-n1cc(OC2CCCC2)cn1. The summed E-state index contributed by atoms with van der Waals surface area (Å²) in [6.07, 6.45) is 8.33. The molecule has 18 heavy (non-hydrogen) atoms. The van der Waals surface area contributed by atoms with E-state index in [2.05, 4.69) is 5.10 Å². The molecule has 3 rings (SSSR count). The zero-order valence-electron chi connectivity index (χ0n) is 10.1. The summed E-state index contributed by atoms with van der Waals surface area (Å²) >= 11 is 0. The van der Waals surface area contributed by atoms with E-state index in [1.165, 1.54) is 23.6 Å². The second-order valence-corrected chi connectivity index (χ2v) is 4.60. The minimum absolute atomic E-state index is 0.284. The third-order valence-electron chi connectivity index (χ3n) is 3.26. The van der Waals surface area contributed by atoms with Gasteiger partial charge in [-0.2, -0.15) is 5.10 Å². The van der Waals surface area contributed by atoms with Crippen LogP contribution in [0.15, 0.2) is 36.7 Å². The van der Waals surface area contributed by atoms with Gasteiger partial charge in [0, 0.05) is 0 Å². The molecule has 1 aliphatic carbocycles. The summed E-state index contributed by atoms with van der Waals surface area (Å²) in [6.45, 7) is 0. The first-order chi connectivity index (χ1) is 8.83. The number of nitrogens with zero attached hydrogens (tertiary/aromatic N) is 2. The number of rotatable bonds is 3. The van der Waals surface area contributed by atoms with Crippen molar-refractivity contribution in [3.8, 4) is 11.4 Å². The summed E-state index contributed by atoms with van der Waals surface area (Å²) in [6, 6.07) is 6.58. The smallest absolute Gasteiger partial charge is 0.158 e. The molecule has 0 saturated heterocycles. The fourth-order valence-corrected chi connectivity index (χ4v) is 2.34. The number of benzene rings is 1. The van der Waals surface area contributed by atoms with E-state index in [4.69, 9.17) is 4.74 Å². The van der Waals surface area contributed by atoms with Crippen molar-refractivity contribution in [1.29, 1.82) is 0 Å². The first-order valence-corrected chi connectivity index (χ1v) is 6.29. The number of ether oxygens (including phenoxy) is 1. The van der Waals surface area contributed by atoms with Crippen LogP contribution in [0, 0.1) is 5.82 Å². The molecule has 0 unspecified atom stereocenters. The van der Waals surface area contributed by atoms with E-state index in [0.717, 1.165) is 12.8 Å². The van der Waals surface area contributed by atoms with Crippen molar-refractivity contribution in [1.82, 2.24) is 9.78 Å². The fraction of sp³-hybridized carbons (Fsp3) is 0.357. The molecule has 0 N–H and O–H groups in total. The van der Waals surface area contributed by atoms with Crippen LogP contribution in [-0.2, 0) is 0 Å². The summed E-state index contributed by atoms with van der Waals surface area (Å²) in [5.41, 5.74) is 0.443. The quantitative estimate of drug-likeness (QED) is 0.830. The maximum Gasteiger partial charge on any atom is 0.158 e. The van der Waals surface area contributed by atoms with Crippen molar-refractivity contribution in [2.24, 2.45) is 0 Å². The van der Waals surface area contributed by atoms with Crippen molar-refractivity contribution in [2.45, 2.75) is 31.8 Å². The lowest BCUT2D eigenvalue weighted by molar-refractivity contribution is 0.210. The number of hydrogen-bond donors (Lipinski definition) is 0. The normalized spacial score (nSPS) is 16.1. The Hall–Kier alpha value is -1.84. The lowest BCUT2D eigenvalue weighted by Crippen LogP contribution is -2.10. The van der Waals surface area contributed by atoms with Crippen LogP contribution in [0.25, 0.3) is 5.69 Å². The van der Waals surface area contributed by atoms with Gasteiger partial charge < -0.3 is 4.74 Å². The van der Waals surface area contributed by atoms with Crippen LogP contribution >= 0.6 is 0 Å². The van der Waals surface area contributed by atoms with Crippen LogP contribution in [-0.4, -0.2) is 15.9 Å². The lowest BCUT2D eigenvalue weighted by atomic mass is 10.3. The highest BCUT2D eigenvalue weighted by molar-refractivity contribution is 5.33. The van der Waals surface area contributed by atoms with E-state index < -0.39 is 0 Å².